The molecule has 2 nitrogen and oxygen atoms in total. The molecule has 4 aliphatic rings. The number of rotatable bonds is 12. The van der Waals surface area contributed by atoms with Gasteiger partial charge in [-0.15, -0.1) is 0 Å². The molecule has 42 heavy (non-hydrogen) atoms. The minimum atomic E-state index is -0.187. The number of carbonyl (C=O) groups excluding carboxylic acids is 1. The molecule has 0 aromatic heterocycles. The average molecular weight is 577 g/mol. The second-order valence-electron chi connectivity index (χ2n) is 16.4. The SMILES string of the molecule is C=C(CCCC(C)C)[C@@H]1CC[C@]2(C)C3=CC[C@H]4C(C)(C)C(OC(=O)/C=C/C=C/CCCCC)CC[C@]4(C)[C@H]3CC[C@@]12C. The first-order valence-electron chi connectivity index (χ1n) is 17.7. The van der Waals surface area contributed by atoms with Crippen LogP contribution in [-0.4, -0.2) is 12.1 Å². The summed E-state index contributed by atoms with van der Waals surface area (Å²) in [5, 5.41) is 0. The highest BCUT2D eigenvalue weighted by molar-refractivity contribution is 5.82. The zero-order chi connectivity index (χ0) is 30.8. The smallest absolute Gasteiger partial charge is 0.331 e. The maximum atomic E-state index is 12.8. The fourth-order valence-corrected chi connectivity index (χ4v) is 10.5. The van der Waals surface area contributed by atoms with Crippen molar-refractivity contribution in [3.8, 4) is 0 Å². The molecule has 0 aromatic carbocycles. The Labute approximate surface area is 259 Å². The monoisotopic (exact) mass is 576 g/mol. The van der Waals surface area contributed by atoms with Crippen LogP contribution in [0.25, 0.3) is 0 Å². The zero-order valence-corrected chi connectivity index (χ0v) is 28.7. The maximum absolute atomic E-state index is 12.8. The fraction of sp³-hybridized carbons (Fsp3) is 0.775. The predicted molar refractivity (Wildman–Crippen MR) is 179 cm³/mol. The van der Waals surface area contributed by atoms with E-state index in [1.165, 1.54) is 69.8 Å². The van der Waals surface area contributed by atoms with Crippen molar-refractivity contribution in [1.82, 2.24) is 0 Å². The molecule has 4 rings (SSSR count). The van der Waals surface area contributed by atoms with Gasteiger partial charge in [0.05, 0.1) is 0 Å². The van der Waals surface area contributed by atoms with Crippen LogP contribution in [0.1, 0.15) is 145 Å². The molecule has 1 unspecified atom stereocenters. The van der Waals surface area contributed by atoms with Crippen molar-refractivity contribution < 1.29 is 9.53 Å². The van der Waals surface area contributed by atoms with Gasteiger partial charge in [0.25, 0.3) is 0 Å². The van der Waals surface area contributed by atoms with Crippen LogP contribution in [0.2, 0.25) is 0 Å². The van der Waals surface area contributed by atoms with Gasteiger partial charge < -0.3 is 4.74 Å². The number of hydrogen-bond acceptors (Lipinski definition) is 2. The quantitative estimate of drug-likeness (QED) is 0.0759. The van der Waals surface area contributed by atoms with E-state index in [0.717, 1.165) is 31.6 Å². The van der Waals surface area contributed by atoms with Crippen LogP contribution in [-0.2, 0) is 9.53 Å². The van der Waals surface area contributed by atoms with Gasteiger partial charge in [-0.2, -0.15) is 0 Å². The molecule has 0 aliphatic heterocycles. The van der Waals surface area contributed by atoms with E-state index in [9.17, 15) is 4.79 Å². The number of fused-ring (bicyclic) bond motifs is 5. The van der Waals surface area contributed by atoms with Crippen molar-refractivity contribution in [3.63, 3.8) is 0 Å². The number of esters is 1. The van der Waals surface area contributed by atoms with E-state index in [1.807, 2.05) is 12.2 Å². The first-order valence-corrected chi connectivity index (χ1v) is 17.7. The predicted octanol–water partition coefficient (Wildman–Crippen LogP) is 11.6. The van der Waals surface area contributed by atoms with E-state index in [0.29, 0.717) is 23.2 Å². The third kappa shape index (κ3) is 6.17. The summed E-state index contributed by atoms with van der Waals surface area (Å²) >= 11 is 0. The summed E-state index contributed by atoms with van der Waals surface area (Å²) in [6, 6.07) is 0. The normalized spacial score (nSPS) is 37.4. The highest BCUT2D eigenvalue weighted by Gasteiger charge is 2.65. The Bertz CT molecular complexity index is 1060. The second kappa shape index (κ2) is 13.2. The molecule has 7 atom stereocenters. The molecule has 4 aliphatic carbocycles. The Morgan fingerprint density at radius 1 is 1.02 bits per heavy atom. The highest BCUT2D eigenvalue weighted by atomic mass is 16.5. The van der Waals surface area contributed by atoms with Gasteiger partial charge >= 0.3 is 5.97 Å². The molecule has 0 bridgehead atoms. The lowest BCUT2D eigenvalue weighted by Gasteiger charge is -2.64. The summed E-state index contributed by atoms with van der Waals surface area (Å²) in [7, 11) is 0. The van der Waals surface area contributed by atoms with Crippen LogP contribution in [0.4, 0.5) is 0 Å². The Morgan fingerprint density at radius 3 is 2.50 bits per heavy atom. The van der Waals surface area contributed by atoms with Crippen LogP contribution in [0.5, 0.6) is 0 Å². The van der Waals surface area contributed by atoms with Crippen LogP contribution in [0.15, 0.2) is 48.1 Å². The Hall–Kier alpha value is -1.57. The number of hydrogen-bond donors (Lipinski definition) is 0. The summed E-state index contributed by atoms with van der Waals surface area (Å²) in [5.74, 6) is 2.43. The molecule has 0 spiro atoms. The minimum Gasteiger partial charge on any atom is -0.459 e. The first-order chi connectivity index (χ1) is 19.8. The van der Waals surface area contributed by atoms with E-state index >= 15 is 0 Å². The molecular formula is C40H64O2. The van der Waals surface area contributed by atoms with Gasteiger partial charge in [0.2, 0.25) is 0 Å². The molecular weight excluding hydrogens is 512 g/mol. The van der Waals surface area contributed by atoms with E-state index in [2.05, 4.69) is 67.5 Å². The molecule has 0 aromatic rings. The average Bonchev–Trinajstić information content (AvgIpc) is 3.21. The van der Waals surface area contributed by atoms with E-state index in [1.54, 1.807) is 11.6 Å². The van der Waals surface area contributed by atoms with Crippen LogP contribution < -0.4 is 0 Å². The van der Waals surface area contributed by atoms with Crippen molar-refractivity contribution in [3.05, 3.63) is 48.1 Å². The first kappa shape index (κ1) is 33.3. The standard InChI is InChI=1S/C40H64O2/c1-10-11-12-13-14-15-16-20-36(41)42-35-25-26-38(7)32-24-28-39(8)31(30(4)19-17-18-29(2)3)23-27-40(39,9)33(32)21-22-34(38)37(35,5)6/h14-16,20-21,29,31-32,34-35H,4,10-13,17-19,22-28H2,1-3,5-9H3/b15-14+,20-16+/t31-,32-,34-,35?,38+,39-,40+/m0/s1. The van der Waals surface area contributed by atoms with Gasteiger partial charge in [-0.05, 0) is 111 Å². The number of unbranched alkanes of at least 4 members (excludes halogenated alkanes) is 3. The molecule has 0 amide bonds. The second-order valence-corrected chi connectivity index (χ2v) is 16.4. The van der Waals surface area contributed by atoms with Crippen molar-refractivity contribution in [2.75, 3.05) is 0 Å². The molecule has 236 valence electrons. The molecule has 3 fully saturated rings. The molecule has 2 heteroatoms. The van der Waals surface area contributed by atoms with Crippen LogP contribution in [0, 0.1) is 45.3 Å². The summed E-state index contributed by atoms with van der Waals surface area (Å²) in [6.07, 6.45) is 27.4. The minimum absolute atomic E-state index is 0.0225. The van der Waals surface area contributed by atoms with Gasteiger partial charge in [0, 0.05) is 11.5 Å². The third-order valence-electron chi connectivity index (χ3n) is 13.3. The number of ether oxygens (including phenoxy) is 1. The van der Waals surface area contributed by atoms with E-state index in [4.69, 9.17) is 11.3 Å². The molecule has 3 saturated carbocycles. The van der Waals surface area contributed by atoms with E-state index < -0.39 is 0 Å². The van der Waals surface area contributed by atoms with E-state index in [-0.39, 0.29) is 28.3 Å². The topological polar surface area (TPSA) is 26.3 Å². The molecule has 0 heterocycles. The van der Waals surface area contributed by atoms with Crippen molar-refractivity contribution in [2.45, 2.75) is 151 Å². The largest absolute Gasteiger partial charge is 0.459 e. The van der Waals surface area contributed by atoms with Crippen molar-refractivity contribution in [2.24, 2.45) is 45.3 Å². The third-order valence-corrected chi connectivity index (χ3v) is 13.3. The lowest BCUT2D eigenvalue weighted by Crippen LogP contribution is -2.58. The molecule has 0 saturated heterocycles. The zero-order valence-electron chi connectivity index (χ0n) is 28.7. The fourth-order valence-electron chi connectivity index (χ4n) is 10.5. The summed E-state index contributed by atoms with van der Waals surface area (Å²) in [4.78, 5) is 12.8. The van der Waals surface area contributed by atoms with Crippen molar-refractivity contribution >= 4 is 5.97 Å². The van der Waals surface area contributed by atoms with Gasteiger partial charge in [-0.3, -0.25) is 0 Å². The summed E-state index contributed by atoms with van der Waals surface area (Å²) in [6.45, 7) is 24.2. The molecule has 0 radical (unpaired) electrons. The lowest BCUT2D eigenvalue weighted by atomic mass is 9.41. The van der Waals surface area contributed by atoms with Crippen LogP contribution >= 0.6 is 0 Å². The molecule has 0 N–H and O–H groups in total. The number of carbonyl (C=O) groups is 1. The Balaban J connectivity index is 1.46. The van der Waals surface area contributed by atoms with Gasteiger partial charge in [-0.25, -0.2) is 4.79 Å². The summed E-state index contributed by atoms with van der Waals surface area (Å²) in [5.41, 5.74) is 4.14. The maximum Gasteiger partial charge on any atom is 0.331 e. The Morgan fingerprint density at radius 2 is 1.79 bits per heavy atom. The number of allylic oxidation sites excluding steroid dienone is 6. The van der Waals surface area contributed by atoms with Crippen molar-refractivity contribution in [1.29, 1.82) is 0 Å². The van der Waals surface area contributed by atoms with Crippen LogP contribution in [0.3, 0.4) is 0 Å². The Kier molecular flexibility index (Phi) is 10.5. The van der Waals surface area contributed by atoms with Gasteiger partial charge in [0.1, 0.15) is 6.10 Å². The summed E-state index contributed by atoms with van der Waals surface area (Å²) < 4.78 is 6.18. The van der Waals surface area contributed by atoms with Gasteiger partial charge in [0.15, 0.2) is 0 Å². The lowest BCUT2D eigenvalue weighted by molar-refractivity contribution is -0.171. The highest BCUT2D eigenvalue weighted by Crippen LogP contribution is 2.73. The van der Waals surface area contributed by atoms with Gasteiger partial charge in [-0.1, -0.05) is 117 Å².